The number of esters is 1. The fourth-order valence-corrected chi connectivity index (χ4v) is 2.37. The van der Waals surface area contributed by atoms with E-state index in [1.54, 1.807) is 0 Å². The number of carbonyl (C=O) groups excluding carboxylic acids is 1. The van der Waals surface area contributed by atoms with Crippen molar-refractivity contribution >= 4 is 5.97 Å². The van der Waals surface area contributed by atoms with Crippen LogP contribution in [-0.4, -0.2) is 31.9 Å². The van der Waals surface area contributed by atoms with Gasteiger partial charge in [0, 0.05) is 0 Å². The van der Waals surface area contributed by atoms with Crippen LogP contribution in [0, 0.1) is 5.92 Å². The lowest BCUT2D eigenvalue weighted by Gasteiger charge is -2.33. The first kappa shape index (κ1) is 17.0. The zero-order valence-electron chi connectivity index (χ0n) is 13.3. The number of hydrogen-bond donors (Lipinski definition) is 0. The number of carbonyl (C=O) groups is 1. The van der Waals surface area contributed by atoms with Crippen LogP contribution in [0.3, 0.4) is 0 Å². The fraction of sp³-hybridized carbons (Fsp3) is 0.611. The summed E-state index contributed by atoms with van der Waals surface area (Å²) in [6.45, 7) is 4.40. The number of benzene rings is 1. The zero-order chi connectivity index (χ0) is 15.6. The topological polar surface area (TPSA) is 44.8 Å². The molecule has 0 aliphatic heterocycles. The molecular formula is C18H26O4. The molecule has 4 heteroatoms. The van der Waals surface area contributed by atoms with Crippen molar-refractivity contribution in [2.45, 2.75) is 45.3 Å². The summed E-state index contributed by atoms with van der Waals surface area (Å²) in [6, 6.07) is 10.1. The van der Waals surface area contributed by atoms with Gasteiger partial charge in [-0.1, -0.05) is 43.7 Å². The van der Waals surface area contributed by atoms with Gasteiger partial charge in [0.1, 0.15) is 0 Å². The highest BCUT2D eigenvalue weighted by atomic mass is 16.5. The minimum absolute atomic E-state index is 0.0343. The van der Waals surface area contributed by atoms with E-state index in [2.05, 4.69) is 6.92 Å². The van der Waals surface area contributed by atoms with Crippen molar-refractivity contribution in [3.63, 3.8) is 0 Å². The SMILES string of the molecule is CCCCOC(=O)C1CC(OCCOCc2ccccc2)C1. The van der Waals surface area contributed by atoms with Crippen molar-refractivity contribution in [3.8, 4) is 0 Å². The van der Waals surface area contributed by atoms with Crippen LogP contribution in [0.5, 0.6) is 0 Å². The van der Waals surface area contributed by atoms with Crippen LogP contribution < -0.4 is 0 Å². The summed E-state index contributed by atoms with van der Waals surface area (Å²) in [6.07, 6.45) is 3.74. The maximum atomic E-state index is 11.7. The second-order valence-corrected chi connectivity index (χ2v) is 5.72. The molecule has 1 aromatic rings. The van der Waals surface area contributed by atoms with Crippen molar-refractivity contribution in [3.05, 3.63) is 35.9 Å². The molecule has 2 rings (SSSR count). The van der Waals surface area contributed by atoms with Crippen molar-refractivity contribution in [1.29, 1.82) is 0 Å². The highest BCUT2D eigenvalue weighted by Gasteiger charge is 2.36. The van der Waals surface area contributed by atoms with Crippen LogP contribution in [-0.2, 0) is 25.6 Å². The lowest BCUT2D eigenvalue weighted by Crippen LogP contribution is -2.38. The summed E-state index contributed by atoms with van der Waals surface area (Å²) >= 11 is 0. The molecule has 0 radical (unpaired) electrons. The minimum Gasteiger partial charge on any atom is -0.465 e. The molecule has 0 atom stereocenters. The van der Waals surface area contributed by atoms with Crippen molar-refractivity contribution in [1.82, 2.24) is 0 Å². The van der Waals surface area contributed by atoms with Gasteiger partial charge < -0.3 is 14.2 Å². The van der Waals surface area contributed by atoms with Crippen molar-refractivity contribution in [2.75, 3.05) is 19.8 Å². The second kappa shape index (κ2) is 9.59. The minimum atomic E-state index is -0.0615. The summed E-state index contributed by atoms with van der Waals surface area (Å²) < 4.78 is 16.5. The Hall–Kier alpha value is -1.39. The van der Waals surface area contributed by atoms with Gasteiger partial charge in [0.2, 0.25) is 0 Å². The van der Waals surface area contributed by atoms with Crippen LogP contribution >= 0.6 is 0 Å². The Balaban J connectivity index is 1.46. The number of hydrogen-bond acceptors (Lipinski definition) is 4. The average Bonchev–Trinajstić information content (AvgIpc) is 2.50. The lowest BCUT2D eigenvalue weighted by molar-refractivity contribution is -0.158. The van der Waals surface area contributed by atoms with Crippen LogP contribution in [0.25, 0.3) is 0 Å². The number of unbranched alkanes of at least 4 members (excludes halogenated alkanes) is 1. The molecule has 1 aromatic carbocycles. The van der Waals surface area contributed by atoms with E-state index in [4.69, 9.17) is 14.2 Å². The van der Waals surface area contributed by atoms with Crippen LogP contribution in [0.2, 0.25) is 0 Å². The third kappa shape index (κ3) is 5.78. The predicted molar refractivity (Wildman–Crippen MR) is 84.4 cm³/mol. The quantitative estimate of drug-likeness (QED) is 0.491. The molecule has 0 bridgehead atoms. The Morgan fingerprint density at radius 3 is 2.64 bits per heavy atom. The molecule has 0 spiro atoms. The van der Waals surface area contributed by atoms with Crippen LogP contribution in [0.4, 0.5) is 0 Å². The monoisotopic (exact) mass is 306 g/mol. The maximum absolute atomic E-state index is 11.7. The van der Waals surface area contributed by atoms with E-state index >= 15 is 0 Å². The van der Waals surface area contributed by atoms with Gasteiger partial charge in [-0.05, 0) is 24.8 Å². The van der Waals surface area contributed by atoms with E-state index < -0.39 is 0 Å². The van der Waals surface area contributed by atoms with Gasteiger partial charge in [-0.3, -0.25) is 4.79 Å². The summed E-state index contributed by atoms with van der Waals surface area (Å²) in [4.78, 5) is 11.7. The Bertz CT molecular complexity index is 426. The summed E-state index contributed by atoms with van der Waals surface area (Å²) in [5.41, 5.74) is 1.17. The van der Waals surface area contributed by atoms with E-state index in [1.165, 1.54) is 5.56 Å². The average molecular weight is 306 g/mol. The van der Waals surface area contributed by atoms with Gasteiger partial charge in [0.25, 0.3) is 0 Å². The Morgan fingerprint density at radius 2 is 1.91 bits per heavy atom. The number of ether oxygens (including phenoxy) is 3. The molecule has 0 unspecified atom stereocenters. The zero-order valence-corrected chi connectivity index (χ0v) is 13.3. The Kier molecular flexibility index (Phi) is 7.40. The van der Waals surface area contributed by atoms with E-state index in [9.17, 15) is 4.79 Å². The number of rotatable bonds is 10. The molecule has 0 N–H and O–H groups in total. The van der Waals surface area contributed by atoms with E-state index in [1.807, 2.05) is 30.3 Å². The van der Waals surface area contributed by atoms with Crippen LogP contribution in [0.1, 0.15) is 38.2 Å². The molecule has 1 saturated carbocycles. The maximum Gasteiger partial charge on any atom is 0.309 e. The largest absolute Gasteiger partial charge is 0.465 e. The highest BCUT2D eigenvalue weighted by molar-refractivity contribution is 5.73. The molecule has 1 aliphatic carbocycles. The molecule has 0 amide bonds. The molecule has 0 saturated heterocycles. The molecule has 122 valence electrons. The predicted octanol–water partition coefficient (Wildman–Crippen LogP) is 3.34. The van der Waals surface area contributed by atoms with Gasteiger partial charge in [-0.15, -0.1) is 0 Å². The van der Waals surface area contributed by atoms with Gasteiger partial charge in [0.05, 0.1) is 38.4 Å². The van der Waals surface area contributed by atoms with E-state index in [0.29, 0.717) is 26.4 Å². The fourth-order valence-electron chi connectivity index (χ4n) is 2.37. The van der Waals surface area contributed by atoms with Crippen LogP contribution in [0.15, 0.2) is 30.3 Å². The lowest BCUT2D eigenvalue weighted by atomic mass is 9.82. The molecule has 4 nitrogen and oxygen atoms in total. The van der Waals surface area contributed by atoms with Gasteiger partial charge >= 0.3 is 5.97 Å². The molecule has 0 heterocycles. The second-order valence-electron chi connectivity index (χ2n) is 5.72. The van der Waals surface area contributed by atoms with Gasteiger partial charge in [-0.25, -0.2) is 0 Å². The standard InChI is InChI=1S/C18H26O4/c1-2-3-9-22-18(19)16-12-17(13-16)21-11-10-20-14-15-7-5-4-6-8-15/h4-8,16-17H,2-3,9-14H2,1H3. The Labute approximate surface area is 132 Å². The molecule has 1 aliphatic rings. The summed E-state index contributed by atoms with van der Waals surface area (Å²) in [5.74, 6) is -0.0271. The highest BCUT2D eigenvalue weighted by Crippen LogP contribution is 2.31. The van der Waals surface area contributed by atoms with Gasteiger partial charge in [-0.2, -0.15) is 0 Å². The molecular weight excluding hydrogens is 280 g/mol. The summed E-state index contributed by atoms with van der Waals surface area (Å²) in [5, 5.41) is 0. The third-order valence-electron chi connectivity index (χ3n) is 3.86. The first-order valence-corrected chi connectivity index (χ1v) is 8.19. The Morgan fingerprint density at radius 1 is 1.14 bits per heavy atom. The van der Waals surface area contributed by atoms with Crippen molar-refractivity contribution < 1.29 is 19.0 Å². The first-order chi connectivity index (χ1) is 10.8. The van der Waals surface area contributed by atoms with Crippen molar-refractivity contribution in [2.24, 2.45) is 5.92 Å². The molecule has 22 heavy (non-hydrogen) atoms. The van der Waals surface area contributed by atoms with E-state index in [0.717, 1.165) is 25.7 Å². The third-order valence-corrected chi connectivity index (χ3v) is 3.86. The smallest absolute Gasteiger partial charge is 0.309 e. The normalized spacial score (nSPS) is 20.4. The molecule has 1 fully saturated rings. The summed E-state index contributed by atoms with van der Waals surface area (Å²) in [7, 11) is 0. The van der Waals surface area contributed by atoms with Gasteiger partial charge in [0.15, 0.2) is 0 Å². The first-order valence-electron chi connectivity index (χ1n) is 8.19. The molecule has 0 aromatic heterocycles. The van der Waals surface area contributed by atoms with E-state index in [-0.39, 0.29) is 18.0 Å².